The summed E-state index contributed by atoms with van der Waals surface area (Å²) in [5, 5.41) is 13.2. The zero-order valence-corrected chi connectivity index (χ0v) is 11.8. The van der Waals surface area contributed by atoms with Gasteiger partial charge >= 0.3 is 0 Å². The molecule has 0 radical (unpaired) electrons. The number of hydrogen-bond donors (Lipinski definition) is 1. The molecule has 5 heteroatoms. The highest BCUT2D eigenvalue weighted by atomic mass is 79.9. The predicted molar refractivity (Wildman–Crippen MR) is 75.5 cm³/mol. The zero-order chi connectivity index (χ0) is 13.8. The van der Waals surface area contributed by atoms with Gasteiger partial charge in [0.2, 0.25) is 6.23 Å². The van der Waals surface area contributed by atoms with E-state index < -0.39 is 6.23 Å². The minimum absolute atomic E-state index is 0.356. The largest absolute Gasteiger partial charge is 0.349 e. The van der Waals surface area contributed by atoms with E-state index in [1.54, 1.807) is 6.07 Å². The number of carbonyl (C=O) groups excluding carboxylic acids is 1. The van der Waals surface area contributed by atoms with Crippen molar-refractivity contribution in [3.8, 4) is 6.07 Å². The Bertz CT molecular complexity index is 664. The van der Waals surface area contributed by atoms with E-state index in [1.807, 2.05) is 36.4 Å². The van der Waals surface area contributed by atoms with Gasteiger partial charge in [-0.2, -0.15) is 5.26 Å². The number of carbonyl (C=O) groups is 1. The Balaban J connectivity index is 2.38. The second-order valence-corrected chi connectivity index (χ2v) is 4.66. The monoisotopic (exact) mass is 318 g/mol. The molecule has 0 aliphatic heterocycles. The van der Waals surface area contributed by atoms with Crippen molar-refractivity contribution in [3.63, 3.8) is 0 Å². The SMILES string of the molecule is COC(C#N)NC(=O)c1ccc2ccccc2c1Br. The molecule has 96 valence electrons. The van der Waals surface area contributed by atoms with Gasteiger partial charge in [-0.15, -0.1) is 0 Å². The third kappa shape index (κ3) is 2.75. The number of ether oxygens (including phenoxy) is 1. The number of nitriles is 1. The maximum absolute atomic E-state index is 12.1. The first-order chi connectivity index (χ1) is 9.17. The maximum Gasteiger partial charge on any atom is 0.255 e. The van der Waals surface area contributed by atoms with E-state index in [1.165, 1.54) is 7.11 Å². The van der Waals surface area contributed by atoms with E-state index in [2.05, 4.69) is 21.2 Å². The van der Waals surface area contributed by atoms with Gasteiger partial charge in [0.05, 0.1) is 5.56 Å². The van der Waals surface area contributed by atoms with Crippen molar-refractivity contribution in [2.24, 2.45) is 0 Å². The lowest BCUT2D eigenvalue weighted by Gasteiger charge is -2.11. The van der Waals surface area contributed by atoms with Gasteiger partial charge in [0.15, 0.2) is 0 Å². The molecule has 2 rings (SSSR count). The first-order valence-corrected chi connectivity index (χ1v) is 6.37. The van der Waals surface area contributed by atoms with Crippen molar-refractivity contribution in [1.82, 2.24) is 5.32 Å². The first kappa shape index (κ1) is 13.5. The van der Waals surface area contributed by atoms with Crippen molar-refractivity contribution in [2.45, 2.75) is 6.23 Å². The average molecular weight is 319 g/mol. The lowest BCUT2D eigenvalue weighted by molar-refractivity contribution is 0.0763. The predicted octanol–water partition coefficient (Wildman–Crippen LogP) is 2.83. The van der Waals surface area contributed by atoms with Gasteiger partial charge in [-0.3, -0.25) is 4.79 Å². The molecular weight excluding hydrogens is 308 g/mol. The van der Waals surface area contributed by atoms with Crippen molar-refractivity contribution < 1.29 is 9.53 Å². The van der Waals surface area contributed by atoms with Crippen LogP contribution in [0.4, 0.5) is 0 Å². The number of halogens is 1. The van der Waals surface area contributed by atoms with Gasteiger partial charge in [-0.25, -0.2) is 0 Å². The van der Waals surface area contributed by atoms with E-state index in [0.717, 1.165) is 10.8 Å². The van der Waals surface area contributed by atoms with E-state index >= 15 is 0 Å². The number of amides is 1. The Morgan fingerprint density at radius 1 is 1.37 bits per heavy atom. The second-order valence-electron chi connectivity index (χ2n) is 3.87. The van der Waals surface area contributed by atoms with Gasteiger partial charge in [-0.05, 0) is 32.8 Å². The minimum atomic E-state index is -0.953. The summed E-state index contributed by atoms with van der Waals surface area (Å²) in [4.78, 5) is 12.1. The molecule has 4 nitrogen and oxygen atoms in total. The molecule has 1 amide bonds. The minimum Gasteiger partial charge on any atom is -0.349 e. The highest BCUT2D eigenvalue weighted by Crippen LogP contribution is 2.27. The van der Waals surface area contributed by atoms with Crippen LogP contribution in [0.3, 0.4) is 0 Å². The quantitative estimate of drug-likeness (QED) is 0.885. The summed E-state index contributed by atoms with van der Waals surface area (Å²) in [6, 6.07) is 13.2. The van der Waals surface area contributed by atoms with Crippen LogP contribution in [0.15, 0.2) is 40.9 Å². The van der Waals surface area contributed by atoms with Crippen LogP contribution in [0, 0.1) is 11.3 Å². The normalized spacial score (nSPS) is 11.8. The molecule has 0 aromatic heterocycles. The Labute approximate surface area is 119 Å². The van der Waals surface area contributed by atoms with Crippen LogP contribution < -0.4 is 5.32 Å². The van der Waals surface area contributed by atoms with Crippen LogP contribution >= 0.6 is 15.9 Å². The molecule has 1 unspecified atom stereocenters. The topological polar surface area (TPSA) is 62.1 Å². The van der Waals surface area contributed by atoms with Gasteiger partial charge in [0.1, 0.15) is 6.07 Å². The molecule has 0 saturated carbocycles. The number of nitrogens with one attached hydrogen (secondary N) is 1. The standard InChI is InChI=1S/C14H11BrN2O2/c1-19-12(8-16)17-14(18)11-7-6-9-4-2-3-5-10(9)13(11)15/h2-7,12H,1H3,(H,17,18). The number of hydrogen-bond acceptors (Lipinski definition) is 3. The fourth-order valence-corrected chi connectivity index (χ4v) is 2.42. The van der Waals surface area contributed by atoms with E-state index in [-0.39, 0.29) is 5.91 Å². The summed E-state index contributed by atoms with van der Waals surface area (Å²) in [7, 11) is 1.36. The van der Waals surface area contributed by atoms with Crippen LogP contribution in [0.25, 0.3) is 10.8 Å². The Kier molecular flexibility index (Phi) is 4.15. The molecule has 2 aromatic carbocycles. The molecule has 0 fully saturated rings. The molecule has 0 bridgehead atoms. The maximum atomic E-state index is 12.1. The summed E-state index contributed by atoms with van der Waals surface area (Å²) >= 11 is 3.43. The molecule has 2 aromatic rings. The lowest BCUT2D eigenvalue weighted by Crippen LogP contribution is -2.35. The van der Waals surface area contributed by atoms with E-state index in [4.69, 9.17) is 10.00 Å². The smallest absolute Gasteiger partial charge is 0.255 e. The molecular formula is C14H11BrN2O2. The van der Waals surface area contributed by atoms with Crippen LogP contribution in [-0.4, -0.2) is 19.2 Å². The average Bonchev–Trinajstić information content (AvgIpc) is 2.45. The van der Waals surface area contributed by atoms with Gasteiger partial charge < -0.3 is 10.1 Å². The van der Waals surface area contributed by atoms with Crippen LogP contribution in [0.1, 0.15) is 10.4 Å². The summed E-state index contributed by atoms with van der Waals surface area (Å²) in [5.74, 6) is -0.356. The number of fused-ring (bicyclic) bond motifs is 1. The number of benzene rings is 2. The van der Waals surface area contributed by atoms with Crippen molar-refractivity contribution in [3.05, 3.63) is 46.4 Å². The second kappa shape index (κ2) is 5.83. The highest BCUT2D eigenvalue weighted by molar-refractivity contribution is 9.10. The van der Waals surface area contributed by atoms with Gasteiger partial charge in [0, 0.05) is 11.6 Å². The molecule has 0 saturated heterocycles. The molecule has 1 N–H and O–H groups in total. The number of methoxy groups -OCH3 is 1. The fraction of sp³-hybridized carbons (Fsp3) is 0.143. The van der Waals surface area contributed by atoms with Crippen molar-refractivity contribution in [1.29, 1.82) is 5.26 Å². The van der Waals surface area contributed by atoms with Crippen LogP contribution in [0.5, 0.6) is 0 Å². The Morgan fingerprint density at radius 3 is 2.79 bits per heavy atom. The number of nitrogens with zero attached hydrogens (tertiary/aromatic N) is 1. The molecule has 0 aliphatic carbocycles. The van der Waals surface area contributed by atoms with Crippen LogP contribution in [-0.2, 0) is 4.74 Å². The molecule has 0 heterocycles. The molecule has 1 atom stereocenters. The molecule has 0 spiro atoms. The summed E-state index contributed by atoms with van der Waals surface area (Å²) in [6.45, 7) is 0. The highest BCUT2D eigenvalue weighted by Gasteiger charge is 2.16. The Morgan fingerprint density at radius 2 is 2.11 bits per heavy atom. The van der Waals surface area contributed by atoms with E-state index in [9.17, 15) is 4.79 Å². The third-order valence-corrected chi connectivity index (χ3v) is 3.58. The zero-order valence-electron chi connectivity index (χ0n) is 10.2. The lowest BCUT2D eigenvalue weighted by atomic mass is 10.1. The third-order valence-electron chi connectivity index (χ3n) is 2.72. The summed E-state index contributed by atoms with van der Waals surface area (Å²) < 4.78 is 5.52. The Hall–Kier alpha value is -1.90. The summed E-state index contributed by atoms with van der Waals surface area (Å²) in [6.07, 6.45) is -0.953. The van der Waals surface area contributed by atoms with E-state index in [0.29, 0.717) is 10.0 Å². The summed E-state index contributed by atoms with van der Waals surface area (Å²) in [5.41, 5.74) is 0.469. The van der Waals surface area contributed by atoms with Gasteiger partial charge in [-0.1, -0.05) is 30.3 Å². The van der Waals surface area contributed by atoms with Gasteiger partial charge in [0.25, 0.3) is 5.91 Å². The first-order valence-electron chi connectivity index (χ1n) is 5.58. The molecule has 19 heavy (non-hydrogen) atoms. The van der Waals surface area contributed by atoms with Crippen molar-refractivity contribution in [2.75, 3.05) is 7.11 Å². The fourth-order valence-electron chi connectivity index (χ4n) is 1.75. The van der Waals surface area contributed by atoms with Crippen molar-refractivity contribution >= 4 is 32.6 Å². The molecule has 0 aliphatic rings. The number of rotatable bonds is 3. The van der Waals surface area contributed by atoms with Crippen LogP contribution in [0.2, 0.25) is 0 Å².